The minimum atomic E-state index is -1.60. The molecule has 1 aliphatic heterocycles. The number of benzene rings is 2. The van der Waals surface area contributed by atoms with E-state index in [1.165, 1.54) is 16.3 Å². The van der Waals surface area contributed by atoms with Gasteiger partial charge in [-0.05, 0) is 23.2 Å². The molecule has 1 amide bonds. The molecule has 2 aromatic rings. The SMILES string of the molecule is CN1C(=O)C(C[Si](C)(C)C)(c2ccccc2[Si](C)(C)C)c2ccccc21. The number of rotatable bonds is 4. The molecular weight excluding hydrogens is 350 g/mol. The van der Waals surface area contributed by atoms with Gasteiger partial charge in [-0.15, -0.1) is 0 Å². The van der Waals surface area contributed by atoms with Crippen LogP contribution in [0.1, 0.15) is 11.1 Å². The maximum absolute atomic E-state index is 13.8. The Kier molecular flexibility index (Phi) is 4.56. The van der Waals surface area contributed by atoms with E-state index < -0.39 is 21.6 Å². The topological polar surface area (TPSA) is 20.3 Å². The molecule has 138 valence electrons. The monoisotopic (exact) mass is 381 g/mol. The lowest BCUT2D eigenvalue weighted by atomic mass is 9.77. The Balaban J connectivity index is 2.39. The van der Waals surface area contributed by atoms with E-state index in [4.69, 9.17) is 0 Å². The van der Waals surface area contributed by atoms with Crippen LogP contribution in [0.4, 0.5) is 5.69 Å². The molecule has 2 nitrogen and oxygen atoms in total. The number of carbonyl (C=O) groups excluding carboxylic acids is 1. The highest BCUT2D eigenvalue weighted by Crippen LogP contribution is 2.49. The van der Waals surface area contributed by atoms with Crippen molar-refractivity contribution >= 4 is 32.9 Å². The average molecular weight is 382 g/mol. The van der Waals surface area contributed by atoms with Gasteiger partial charge >= 0.3 is 0 Å². The van der Waals surface area contributed by atoms with Crippen molar-refractivity contribution < 1.29 is 4.79 Å². The Labute approximate surface area is 160 Å². The van der Waals surface area contributed by atoms with Gasteiger partial charge < -0.3 is 4.90 Å². The van der Waals surface area contributed by atoms with Crippen molar-refractivity contribution in [3.63, 3.8) is 0 Å². The Hall–Kier alpha value is -1.66. The third kappa shape index (κ3) is 2.99. The first kappa shape index (κ1) is 19.1. The Morgan fingerprint density at radius 1 is 0.846 bits per heavy atom. The summed E-state index contributed by atoms with van der Waals surface area (Å²) in [6.45, 7) is 14.3. The highest BCUT2D eigenvalue weighted by molar-refractivity contribution is 6.89. The number of amides is 1. The third-order valence-electron chi connectivity index (χ3n) is 5.39. The maximum atomic E-state index is 13.8. The minimum Gasteiger partial charge on any atom is -0.314 e. The fraction of sp³-hybridized carbons (Fsp3) is 0.409. The van der Waals surface area contributed by atoms with E-state index in [2.05, 4.69) is 81.7 Å². The first-order valence-corrected chi connectivity index (χ1v) is 16.7. The molecule has 1 unspecified atom stereocenters. The van der Waals surface area contributed by atoms with E-state index in [1.807, 2.05) is 18.0 Å². The quantitative estimate of drug-likeness (QED) is 0.695. The minimum absolute atomic E-state index is 0.242. The van der Waals surface area contributed by atoms with E-state index in [0.29, 0.717) is 0 Å². The molecule has 0 radical (unpaired) electrons. The predicted molar refractivity (Wildman–Crippen MR) is 118 cm³/mol. The van der Waals surface area contributed by atoms with Gasteiger partial charge in [0.2, 0.25) is 5.91 Å². The first-order chi connectivity index (χ1) is 12.0. The summed E-state index contributed by atoms with van der Waals surface area (Å²) in [6, 6.07) is 18.1. The Bertz CT molecular complexity index is 848. The maximum Gasteiger partial charge on any atom is 0.241 e. The number of anilines is 1. The lowest BCUT2D eigenvalue weighted by Gasteiger charge is -2.37. The number of fused-ring (bicyclic) bond motifs is 1. The van der Waals surface area contributed by atoms with Crippen LogP contribution in [0.25, 0.3) is 0 Å². The molecule has 4 heteroatoms. The molecule has 0 aromatic heterocycles. The zero-order chi connectivity index (χ0) is 19.3. The van der Waals surface area contributed by atoms with Crippen molar-refractivity contribution in [2.45, 2.75) is 50.7 Å². The van der Waals surface area contributed by atoms with Gasteiger partial charge in [-0.25, -0.2) is 0 Å². The fourth-order valence-electron chi connectivity index (χ4n) is 4.47. The summed E-state index contributed by atoms with van der Waals surface area (Å²) in [5.41, 5.74) is 2.98. The van der Waals surface area contributed by atoms with Gasteiger partial charge in [0.25, 0.3) is 0 Å². The van der Waals surface area contributed by atoms with E-state index in [0.717, 1.165) is 11.7 Å². The Morgan fingerprint density at radius 2 is 1.38 bits per heavy atom. The van der Waals surface area contributed by atoms with Gasteiger partial charge in [-0.1, -0.05) is 86.9 Å². The molecule has 0 spiro atoms. The molecule has 0 saturated heterocycles. The summed E-state index contributed by atoms with van der Waals surface area (Å²) < 4.78 is 0. The number of para-hydroxylation sites is 1. The summed E-state index contributed by atoms with van der Waals surface area (Å²) in [5, 5.41) is 1.41. The van der Waals surface area contributed by atoms with Crippen LogP contribution in [0.2, 0.25) is 45.3 Å². The Morgan fingerprint density at radius 3 is 1.96 bits per heavy atom. The van der Waals surface area contributed by atoms with E-state index >= 15 is 0 Å². The molecule has 0 aliphatic carbocycles. The van der Waals surface area contributed by atoms with Gasteiger partial charge in [0, 0.05) is 20.8 Å². The van der Waals surface area contributed by atoms with Gasteiger partial charge in [0.1, 0.15) is 0 Å². The van der Waals surface area contributed by atoms with Gasteiger partial charge in [0.15, 0.2) is 0 Å². The second kappa shape index (κ2) is 6.20. The molecule has 1 aliphatic rings. The second-order valence-corrected chi connectivity index (χ2v) is 20.3. The van der Waals surface area contributed by atoms with Crippen molar-refractivity contribution in [3.8, 4) is 0 Å². The predicted octanol–water partition coefficient (Wildman–Crippen LogP) is 4.83. The van der Waals surface area contributed by atoms with Gasteiger partial charge in [0.05, 0.1) is 13.5 Å². The third-order valence-corrected chi connectivity index (χ3v) is 9.03. The summed E-state index contributed by atoms with van der Waals surface area (Å²) in [6.07, 6.45) is 0. The van der Waals surface area contributed by atoms with E-state index in [9.17, 15) is 4.79 Å². The molecule has 0 bridgehead atoms. The smallest absolute Gasteiger partial charge is 0.241 e. The van der Waals surface area contributed by atoms with Crippen LogP contribution < -0.4 is 10.1 Å². The van der Waals surface area contributed by atoms with Crippen molar-refractivity contribution in [2.24, 2.45) is 0 Å². The molecule has 1 atom stereocenters. The lowest BCUT2D eigenvalue weighted by Crippen LogP contribution is -2.51. The molecule has 1 heterocycles. The van der Waals surface area contributed by atoms with Gasteiger partial charge in [-0.2, -0.15) is 0 Å². The number of hydrogen-bond acceptors (Lipinski definition) is 1. The second-order valence-electron chi connectivity index (χ2n) is 9.82. The first-order valence-electron chi connectivity index (χ1n) is 9.46. The largest absolute Gasteiger partial charge is 0.314 e. The molecule has 26 heavy (non-hydrogen) atoms. The lowest BCUT2D eigenvalue weighted by molar-refractivity contribution is -0.121. The van der Waals surface area contributed by atoms with Crippen LogP contribution in [0.5, 0.6) is 0 Å². The van der Waals surface area contributed by atoms with Crippen LogP contribution in [0, 0.1) is 0 Å². The van der Waals surface area contributed by atoms with Crippen LogP contribution in [0.3, 0.4) is 0 Å². The average Bonchev–Trinajstić information content (AvgIpc) is 2.76. The molecule has 3 rings (SSSR count). The number of hydrogen-bond donors (Lipinski definition) is 0. The molecule has 0 N–H and O–H groups in total. The van der Waals surface area contributed by atoms with Crippen molar-refractivity contribution in [1.82, 2.24) is 0 Å². The summed E-state index contributed by atoms with van der Waals surface area (Å²) >= 11 is 0. The number of likely N-dealkylation sites (N-methyl/N-ethyl adjacent to an activating group) is 1. The number of nitrogens with zero attached hydrogens (tertiary/aromatic N) is 1. The molecular formula is C22H31NOSi2. The number of carbonyl (C=O) groups is 1. The molecule has 0 fully saturated rings. The van der Waals surface area contributed by atoms with Crippen LogP contribution >= 0.6 is 0 Å². The van der Waals surface area contributed by atoms with E-state index in [-0.39, 0.29) is 5.91 Å². The highest BCUT2D eigenvalue weighted by atomic mass is 28.3. The highest BCUT2D eigenvalue weighted by Gasteiger charge is 2.53. The fourth-order valence-corrected chi connectivity index (χ4v) is 8.29. The standard InChI is InChI=1S/C22H31NOSi2/c1-23-19-14-10-8-12-17(19)22(21(23)24,16-25(2,3)4)18-13-9-11-15-20(18)26(5,6)7/h8-15H,16H2,1-7H3. The van der Waals surface area contributed by atoms with E-state index in [1.54, 1.807) is 0 Å². The molecule has 0 saturated carbocycles. The van der Waals surface area contributed by atoms with Crippen LogP contribution in [-0.2, 0) is 10.2 Å². The summed E-state index contributed by atoms with van der Waals surface area (Å²) in [7, 11) is -1.19. The zero-order valence-electron chi connectivity index (χ0n) is 17.2. The van der Waals surface area contributed by atoms with Crippen LogP contribution in [-0.4, -0.2) is 29.1 Å². The molecule has 2 aromatic carbocycles. The van der Waals surface area contributed by atoms with Gasteiger partial charge in [-0.3, -0.25) is 4.79 Å². The zero-order valence-corrected chi connectivity index (χ0v) is 19.2. The normalized spacial score (nSPS) is 20.4. The van der Waals surface area contributed by atoms with Crippen molar-refractivity contribution in [2.75, 3.05) is 11.9 Å². The van der Waals surface area contributed by atoms with Crippen molar-refractivity contribution in [3.05, 3.63) is 59.7 Å². The van der Waals surface area contributed by atoms with Crippen molar-refractivity contribution in [1.29, 1.82) is 0 Å². The summed E-state index contributed by atoms with van der Waals surface area (Å²) in [5.74, 6) is 0.242. The van der Waals surface area contributed by atoms with Crippen LogP contribution in [0.15, 0.2) is 48.5 Å². The summed E-state index contributed by atoms with van der Waals surface area (Å²) in [4.78, 5) is 15.7.